The molecule has 2 N–H and O–H groups in total. The lowest BCUT2D eigenvalue weighted by molar-refractivity contribution is 0.0914. The molecule has 0 saturated heterocycles. The van der Waals surface area contributed by atoms with Crippen molar-refractivity contribution in [2.75, 3.05) is 6.61 Å². The zero-order valence-corrected chi connectivity index (χ0v) is 9.10. The van der Waals surface area contributed by atoms with Gasteiger partial charge in [0.25, 0.3) is 5.91 Å². The first-order chi connectivity index (χ1) is 6.67. The van der Waals surface area contributed by atoms with Gasteiger partial charge in [0.15, 0.2) is 0 Å². The molecule has 0 saturated carbocycles. The van der Waals surface area contributed by atoms with Gasteiger partial charge in [0.2, 0.25) is 9.47 Å². The standard InChI is InChI=1S/C7H10ClN3O2S/c1-2-4(3-12)9-5(13)6-10-11-7(8)14-6/h4,12H,2-3H2,1H3,(H,9,13)/t4-/m1/s1. The minimum Gasteiger partial charge on any atom is -0.394 e. The Hall–Kier alpha value is -0.720. The number of nitrogens with zero attached hydrogens (tertiary/aromatic N) is 2. The van der Waals surface area contributed by atoms with Crippen LogP contribution in [0.25, 0.3) is 0 Å². The van der Waals surface area contributed by atoms with E-state index in [1.54, 1.807) is 0 Å². The van der Waals surface area contributed by atoms with E-state index in [4.69, 9.17) is 16.7 Å². The highest BCUT2D eigenvalue weighted by Gasteiger charge is 2.15. The van der Waals surface area contributed by atoms with Gasteiger partial charge in [-0.15, -0.1) is 10.2 Å². The highest BCUT2D eigenvalue weighted by Crippen LogP contribution is 2.14. The molecule has 0 aliphatic heterocycles. The molecule has 1 aromatic rings. The van der Waals surface area contributed by atoms with Crippen molar-refractivity contribution in [2.45, 2.75) is 19.4 Å². The van der Waals surface area contributed by atoms with Crippen LogP contribution in [0.3, 0.4) is 0 Å². The number of hydrogen-bond acceptors (Lipinski definition) is 5. The molecule has 0 aliphatic rings. The zero-order valence-electron chi connectivity index (χ0n) is 7.53. The van der Waals surface area contributed by atoms with E-state index in [1.165, 1.54) is 0 Å². The Morgan fingerprint density at radius 1 is 1.71 bits per heavy atom. The average molecular weight is 236 g/mol. The van der Waals surface area contributed by atoms with Crippen LogP contribution in [0.15, 0.2) is 0 Å². The van der Waals surface area contributed by atoms with E-state index in [1.807, 2.05) is 6.92 Å². The third kappa shape index (κ3) is 2.90. The van der Waals surface area contributed by atoms with Crippen molar-refractivity contribution < 1.29 is 9.90 Å². The topological polar surface area (TPSA) is 75.1 Å². The molecule has 78 valence electrons. The predicted molar refractivity (Wildman–Crippen MR) is 53.6 cm³/mol. The number of aliphatic hydroxyl groups excluding tert-OH is 1. The van der Waals surface area contributed by atoms with Crippen LogP contribution < -0.4 is 5.32 Å². The van der Waals surface area contributed by atoms with Crippen molar-refractivity contribution in [3.05, 3.63) is 9.47 Å². The summed E-state index contributed by atoms with van der Waals surface area (Å²) in [5.74, 6) is -0.352. The van der Waals surface area contributed by atoms with Crippen LogP contribution in [-0.4, -0.2) is 33.9 Å². The summed E-state index contributed by atoms with van der Waals surface area (Å²) in [6, 6.07) is -0.245. The lowest BCUT2D eigenvalue weighted by Gasteiger charge is -2.11. The van der Waals surface area contributed by atoms with Gasteiger partial charge in [-0.25, -0.2) is 0 Å². The maximum atomic E-state index is 11.4. The normalized spacial score (nSPS) is 12.5. The molecule has 0 spiro atoms. The van der Waals surface area contributed by atoms with Gasteiger partial charge in [0, 0.05) is 0 Å². The van der Waals surface area contributed by atoms with Crippen LogP contribution in [0.4, 0.5) is 0 Å². The summed E-state index contributed by atoms with van der Waals surface area (Å²) < 4.78 is 0.229. The summed E-state index contributed by atoms with van der Waals surface area (Å²) in [5, 5.41) is 18.8. The molecule has 1 amide bonds. The molecule has 1 aromatic heterocycles. The maximum absolute atomic E-state index is 11.4. The average Bonchev–Trinajstić information content (AvgIpc) is 2.61. The number of halogens is 1. The van der Waals surface area contributed by atoms with E-state index in [-0.39, 0.29) is 28.0 Å². The number of rotatable bonds is 4. The summed E-state index contributed by atoms with van der Waals surface area (Å²) in [7, 11) is 0. The second-order valence-corrected chi connectivity index (χ2v) is 4.18. The number of nitrogens with one attached hydrogen (secondary N) is 1. The SMILES string of the molecule is CC[C@H](CO)NC(=O)c1nnc(Cl)s1. The molecule has 0 radical (unpaired) electrons. The highest BCUT2D eigenvalue weighted by molar-refractivity contribution is 7.17. The molecule has 1 heterocycles. The van der Waals surface area contributed by atoms with E-state index in [2.05, 4.69) is 15.5 Å². The molecule has 0 bridgehead atoms. The first-order valence-corrected chi connectivity index (χ1v) is 5.27. The van der Waals surface area contributed by atoms with Crippen molar-refractivity contribution >= 4 is 28.8 Å². The molecule has 14 heavy (non-hydrogen) atoms. The number of aliphatic hydroxyl groups is 1. The van der Waals surface area contributed by atoms with Crippen molar-refractivity contribution in [1.29, 1.82) is 0 Å². The molecule has 0 unspecified atom stereocenters. The smallest absolute Gasteiger partial charge is 0.282 e. The fraction of sp³-hybridized carbons (Fsp3) is 0.571. The molecular weight excluding hydrogens is 226 g/mol. The van der Waals surface area contributed by atoms with Gasteiger partial charge < -0.3 is 10.4 Å². The van der Waals surface area contributed by atoms with E-state index in [0.717, 1.165) is 11.3 Å². The van der Waals surface area contributed by atoms with Crippen LogP contribution in [0.1, 0.15) is 23.1 Å². The Morgan fingerprint density at radius 2 is 2.43 bits per heavy atom. The van der Waals surface area contributed by atoms with Gasteiger partial charge in [0.05, 0.1) is 12.6 Å². The summed E-state index contributed by atoms with van der Waals surface area (Å²) >= 11 is 6.53. The Morgan fingerprint density at radius 3 is 2.86 bits per heavy atom. The number of carbonyl (C=O) groups is 1. The summed E-state index contributed by atoms with van der Waals surface area (Å²) in [4.78, 5) is 11.4. The van der Waals surface area contributed by atoms with Gasteiger partial charge in [0.1, 0.15) is 0 Å². The Balaban J connectivity index is 2.58. The Kier molecular flexibility index (Phi) is 4.24. The quantitative estimate of drug-likeness (QED) is 0.805. The highest BCUT2D eigenvalue weighted by atomic mass is 35.5. The first kappa shape index (κ1) is 11.4. The minimum absolute atomic E-state index is 0.0885. The van der Waals surface area contributed by atoms with Crippen molar-refractivity contribution in [3.8, 4) is 0 Å². The van der Waals surface area contributed by atoms with Crippen LogP contribution in [0.2, 0.25) is 4.47 Å². The molecular formula is C7H10ClN3O2S. The zero-order chi connectivity index (χ0) is 10.6. The fourth-order valence-electron chi connectivity index (χ4n) is 0.821. The number of aromatic nitrogens is 2. The molecule has 0 aliphatic carbocycles. The van der Waals surface area contributed by atoms with Gasteiger partial charge in [-0.05, 0) is 18.0 Å². The van der Waals surface area contributed by atoms with Gasteiger partial charge >= 0.3 is 0 Å². The van der Waals surface area contributed by atoms with Crippen LogP contribution in [-0.2, 0) is 0 Å². The summed E-state index contributed by atoms with van der Waals surface area (Å²) in [5.41, 5.74) is 0. The lowest BCUT2D eigenvalue weighted by Crippen LogP contribution is -2.36. The molecule has 0 fully saturated rings. The van der Waals surface area contributed by atoms with Gasteiger partial charge in [-0.1, -0.05) is 18.3 Å². The molecule has 1 rings (SSSR count). The molecule has 5 nitrogen and oxygen atoms in total. The van der Waals surface area contributed by atoms with Gasteiger partial charge in [-0.3, -0.25) is 4.79 Å². The Labute approximate surface area is 90.1 Å². The molecule has 7 heteroatoms. The molecule has 0 aromatic carbocycles. The monoisotopic (exact) mass is 235 g/mol. The first-order valence-electron chi connectivity index (χ1n) is 4.08. The summed E-state index contributed by atoms with van der Waals surface area (Å²) in [6.07, 6.45) is 0.661. The van der Waals surface area contributed by atoms with Gasteiger partial charge in [-0.2, -0.15) is 0 Å². The third-order valence-corrected chi connectivity index (χ3v) is 2.66. The minimum atomic E-state index is -0.352. The van der Waals surface area contributed by atoms with Crippen LogP contribution in [0.5, 0.6) is 0 Å². The largest absolute Gasteiger partial charge is 0.394 e. The number of hydrogen-bond donors (Lipinski definition) is 2. The second-order valence-electron chi connectivity index (χ2n) is 2.62. The Bertz CT molecular complexity index is 314. The second kappa shape index (κ2) is 5.23. The van der Waals surface area contributed by atoms with Crippen molar-refractivity contribution in [3.63, 3.8) is 0 Å². The van der Waals surface area contributed by atoms with Crippen LogP contribution >= 0.6 is 22.9 Å². The number of amides is 1. The van der Waals surface area contributed by atoms with E-state index >= 15 is 0 Å². The summed E-state index contributed by atoms with van der Waals surface area (Å²) in [6.45, 7) is 1.78. The van der Waals surface area contributed by atoms with E-state index in [0.29, 0.717) is 6.42 Å². The fourth-order valence-corrected chi connectivity index (χ4v) is 1.55. The lowest BCUT2D eigenvalue weighted by atomic mass is 10.2. The molecule has 1 atom stereocenters. The third-order valence-electron chi connectivity index (χ3n) is 1.64. The maximum Gasteiger partial charge on any atom is 0.282 e. The van der Waals surface area contributed by atoms with E-state index < -0.39 is 0 Å². The van der Waals surface area contributed by atoms with Crippen LogP contribution in [0, 0.1) is 0 Å². The van der Waals surface area contributed by atoms with E-state index in [9.17, 15) is 4.79 Å². The number of carbonyl (C=O) groups excluding carboxylic acids is 1. The van der Waals surface area contributed by atoms with Crippen molar-refractivity contribution in [2.24, 2.45) is 0 Å². The predicted octanol–water partition coefficient (Wildman–Crippen LogP) is 0.692. The van der Waals surface area contributed by atoms with Crippen molar-refractivity contribution in [1.82, 2.24) is 15.5 Å².